The van der Waals surface area contributed by atoms with Gasteiger partial charge in [0.15, 0.2) is 35.4 Å². The van der Waals surface area contributed by atoms with E-state index in [1.54, 1.807) is 0 Å². The summed E-state index contributed by atoms with van der Waals surface area (Å²) < 4.78 is 43.4. The molecule has 0 amide bonds. The van der Waals surface area contributed by atoms with Crippen molar-refractivity contribution in [3.8, 4) is 0 Å². The van der Waals surface area contributed by atoms with Crippen molar-refractivity contribution in [3.05, 3.63) is 25.3 Å². The number of nitrogens with two attached hydrogens (primary N) is 2. The molecule has 0 aliphatic carbocycles. The molecule has 4 aromatic heterocycles. The Balaban J connectivity index is 0.000000240. The molecule has 4 aromatic rings. The molecule has 0 saturated carbocycles. The molecule has 0 radical (unpaired) electrons. The van der Waals surface area contributed by atoms with Crippen molar-refractivity contribution in [2.75, 3.05) is 24.7 Å². The molecule has 22 nitrogen and oxygen atoms in total. The summed E-state index contributed by atoms with van der Waals surface area (Å²) >= 11 is 0. The number of rotatable bonds is 8. The van der Waals surface area contributed by atoms with Crippen molar-refractivity contribution < 1.29 is 117 Å². The van der Waals surface area contributed by atoms with Gasteiger partial charge in [-0.05, 0) is 9.13 Å². The first kappa shape index (κ1) is 38.9. The summed E-state index contributed by atoms with van der Waals surface area (Å²) in [6, 6.07) is 0. The zero-order valence-electron chi connectivity index (χ0n) is 24.0. The molecule has 26 heteroatoms. The van der Waals surface area contributed by atoms with Gasteiger partial charge in [-0.2, -0.15) is 0 Å². The first-order chi connectivity index (χ1) is 21.0. The molecule has 2 saturated heterocycles. The maximum atomic E-state index is 10.4. The predicted octanol–water partition coefficient (Wildman–Crippen LogP) is -9.87. The number of aliphatic hydroxyl groups excluding tert-OH is 4. The molecule has 2 fully saturated rings. The smallest absolute Gasteiger partial charge is 0.566 e. The van der Waals surface area contributed by atoms with Gasteiger partial charge < -0.3 is 51.2 Å². The minimum Gasteiger partial charge on any atom is -0.566 e. The van der Waals surface area contributed by atoms with Crippen LogP contribution in [0.5, 0.6) is 0 Å². The van der Waals surface area contributed by atoms with Gasteiger partial charge in [-0.15, -0.1) is 9.05 Å². The van der Waals surface area contributed by atoms with Crippen LogP contribution in [0.25, 0.3) is 22.3 Å². The number of aromatic nitrogens is 8. The van der Waals surface area contributed by atoms with E-state index in [0.29, 0.717) is 22.3 Å². The van der Waals surface area contributed by atoms with E-state index in [0.717, 1.165) is 0 Å². The zero-order chi connectivity index (χ0) is 31.7. The molecule has 0 bridgehead atoms. The third-order valence-electron chi connectivity index (χ3n) is 6.69. The van der Waals surface area contributed by atoms with E-state index >= 15 is 0 Å². The van der Waals surface area contributed by atoms with Crippen LogP contribution >= 0.6 is 16.5 Å². The summed E-state index contributed by atoms with van der Waals surface area (Å²) in [6.45, 7) is -0.811. The fourth-order valence-corrected chi connectivity index (χ4v) is 5.11. The molecule has 236 valence electrons. The van der Waals surface area contributed by atoms with Gasteiger partial charge in [-0.1, -0.05) is 0 Å². The van der Waals surface area contributed by atoms with Crippen molar-refractivity contribution >= 4 is 50.5 Å². The fraction of sp³-hybridized carbons (Fsp3) is 0.500. The van der Waals surface area contributed by atoms with Crippen LogP contribution in [0.3, 0.4) is 0 Å². The molecule has 2 unspecified atom stereocenters. The van der Waals surface area contributed by atoms with Crippen molar-refractivity contribution in [1.29, 1.82) is 0 Å². The molecule has 6 heterocycles. The van der Waals surface area contributed by atoms with Crippen LogP contribution in [-0.2, 0) is 27.7 Å². The Hall–Kier alpha value is -1.50. The van der Waals surface area contributed by atoms with Gasteiger partial charge in [0.05, 0.1) is 12.7 Å². The van der Waals surface area contributed by atoms with Crippen LogP contribution in [-0.4, -0.2) is 109 Å². The van der Waals surface area contributed by atoms with Gasteiger partial charge in [-0.25, -0.2) is 29.9 Å². The summed E-state index contributed by atoms with van der Waals surface area (Å²) in [5.41, 5.74) is 12.6. The Kier molecular flexibility index (Phi) is 14.2. The van der Waals surface area contributed by atoms with E-state index in [2.05, 4.69) is 39.0 Å². The van der Waals surface area contributed by atoms with Gasteiger partial charge in [0.2, 0.25) is 0 Å². The number of hydrogen-bond donors (Lipinski definition) is 6. The second kappa shape index (κ2) is 16.7. The number of aliphatic hydroxyl groups is 4. The number of fused-ring (bicyclic) bond motifs is 2. The summed E-state index contributed by atoms with van der Waals surface area (Å²) in [6.07, 6.45) is -4.16. The quantitative estimate of drug-likeness (QED) is 0.0732. The van der Waals surface area contributed by atoms with E-state index in [9.17, 15) is 39.3 Å². The maximum absolute atomic E-state index is 10.4. The zero-order valence-corrected chi connectivity index (χ0v) is 29.8. The molecule has 10 atom stereocenters. The standard InChI is InChI=1S/2C10H12N5O6P.2Na/c2*11-8-5-9(13-2-12-8)15(3-14-5)10-7(17)6(16)4(21-10)1-20-22(18)19;;/h2*2-4,6-7,10,16-17H,1H2,(H2,11,12,13);;/q;;2*+1/t2*4-,6-,7-,10-;;/m11../s1. The number of nitrogens with zero attached hydrogens (tertiary/aromatic N) is 8. The Bertz CT molecular complexity index is 1550. The molecular formula is C20H24N10Na2O12P2+2. The third-order valence-corrected chi connectivity index (χ3v) is 7.41. The average molecular weight is 704 g/mol. The molecule has 2 aliphatic heterocycles. The van der Waals surface area contributed by atoms with E-state index in [1.807, 2.05) is 0 Å². The van der Waals surface area contributed by atoms with Crippen LogP contribution in [0.1, 0.15) is 12.5 Å². The number of imidazole rings is 2. The van der Waals surface area contributed by atoms with Crippen LogP contribution in [0.15, 0.2) is 25.3 Å². The molecule has 6 rings (SSSR count). The van der Waals surface area contributed by atoms with Gasteiger partial charge in [-0.3, -0.25) is 9.13 Å². The van der Waals surface area contributed by atoms with Gasteiger partial charge >= 0.3 is 75.6 Å². The van der Waals surface area contributed by atoms with E-state index in [1.165, 1.54) is 34.4 Å². The topological polar surface area (TPSA) is 337 Å². The summed E-state index contributed by atoms with van der Waals surface area (Å²) in [4.78, 5) is 44.6. The molecular weight excluding hydrogens is 680 g/mol. The van der Waals surface area contributed by atoms with E-state index in [4.69, 9.17) is 20.9 Å². The third kappa shape index (κ3) is 8.20. The van der Waals surface area contributed by atoms with E-state index < -0.39 is 78.8 Å². The Labute approximate surface area is 303 Å². The maximum Gasteiger partial charge on any atom is 1.00 e. The fourth-order valence-electron chi connectivity index (χ4n) is 4.57. The number of ether oxygens (including phenoxy) is 2. The number of nitrogen functional groups attached to an aromatic ring is 2. The summed E-state index contributed by atoms with van der Waals surface area (Å²) in [7, 11) is -6.14. The van der Waals surface area contributed by atoms with Crippen molar-refractivity contribution in [1.82, 2.24) is 39.0 Å². The largest absolute Gasteiger partial charge is 1.00 e. The van der Waals surface area contributed by atoms with Crippen LogP contribution in [0.4, 0.5) is 11.6 Å². The van der Waals surface area contributed by atoms with E-state index in [-0.39, 0.29) is 70.8 Å². The first-order valence-electron chi connectivity index (χ1n) is 12.4. The van der Waals surface area contributed by atoms with Gasteiger partial charge in [0, 0.05) is 0 Å². The Morgan fingerprint density at radius 3 is 1.41 bits per heavy atom. The summed E-state index contributed by atoms with van der Waals surface area (Å²) in [5.74, 6) is 0.333. The minimum absolute atomic E-state index is 0. The van der Waals surface area contributed by atoms with Crippen LogP contribution < -0.4 is 80.4 Å². The molecule has 0 spiro atoms. The number of anilines is 2. The van der Waals surface area contributed by atoms with Crippen LogP contribution in [0.2, 0.25) is 0 Å². The second-order valence-corrected chi connectivity index (χ2v) is 10.7. The second-order valence-electron chi connectivity index (χ2n) is 9.30. The molecule has 8 N–H and O–H groups in total. The van der Waals surface area contributed by atoms with Gasteiger partial charge in [0.25, 0.3) is 0 Å². The molecule has 0 aromatic carbocycles. The molecule has 46 heavy (non-hydrogen) atoms. The monoisotopic (exact) mass is 704 g/mol. The van der Waals surface area contributed by atoms with Crippen molar-refractivity contribution in [3.63, 3.8) is 0 Å². The first-order valence-corrected chi connectivity index (χ1v) is 14.6. The summed E-state index contributed by atoms with van der Waals surface area (Å²) in [5, 5.41) is 40.0. The normalized spacial score (nSPS) is 27.9. The Morgan fingerprint density at radius 2 is 1.07 bits per heavy atom. The number of hydrogen-bond acceptors (Lipinski definition) is 20. The SMILES string of the molecule is Nc1ncnc2c1ncn2[C@@H]1O[C@H](CO[P+](=O)[O-])[C@@H](O)[C@H]1O.Nc1ncnc2c1ncn2[C@@H]1O[C@H](CO[P+](=O)[O-])[C@@H](O)[C@H]1O.[Na+].[Na+]. The minimum atomic E-state index is -3.07. The average Bonchev–Trinajstić information content (AvgIpc) is 3.74. The predicted molar refractivity (Wildman–Crippen MR) is 138 cm³/mol. The van der Waals surface area contributed by atoms with Crippen molar-refractivity contribution in [2.45, 2.75) is 49.1 Å². The van der Waals surface area contributed by atoms with Crippen molar-refractivity contribution in [2.24, 2.45) is 0 Å². The Morgan fingerprint density at radius 1 is 0.696 bits per heavy atom. The van der Waals surface area contributed by atoms with Gasteiger partial charge in [0.1, 0.15) is 73.5 Å². The molecule has 2 aliphatic rings. The van der Waals surface area contributed by atoms with Crippen LogP contribution in [0, 0.1) is 0 Å².